The first-order valence-electron chi connectivity index (χ1n) is 11.6. The van der Waals surface area contributed by atoms with Gasteiger partial charge in [-0.2, -0.15) is 0 Å². The fourth-order valence-corrected chi connectivity index (χ4v) is 4.04. The largest absolute Gasteiger partial charge is 0.493 e. The highest BCUT2D eigenvalue weighted by Gasteiger charge is 2.17. The van der Waals surface area contributed by atoms with Crippen molar-refractivity contribution in [1.82, 2.24) is 10.0 Å². The molecular formula is C27H32ClFN2O5S. The van der Waals surface area contributed by atoms with E-state index in [2.05, 4.69) is 5.32 Å². The van der Waals surface area contributed by atoms with E-state index in [1.54, 1.807) is 12.1 Å². The summed E-state index contributed by atoms with van der Waals surface area (Å²) in [6, 6.07) is 22.3. The Bertz CT molecular complexity index is 1240. The lowest BCUT2D eigenvalue weighted by atomic mass is 10.0. The SMILES string of the molecule is CS(=O)(=O)NC(=O)c1ccc(-c2ccc(CCNC[C@@H](O)c3ccccc3)cc2)cc1OCCCF.Cl. The van der Waals surface area contributed by atoms with Gasteiger partial charge in [-0.3, -0.25) is 9.18 Å². The van der Waals surface area contributed by atoms with Crippen LogP contribution in [0.3, 0.4) is 0 Å². The molecule has 0 radical (unpaired) electrons. The van der Waals surface area contributed by atoms with Gasteiger partial charge in [0.2, 0.25) is 10.0 Å². The number of aliphatic hydroxyl groups excluding tert-OH is 1. The normalized spacial score (nSPS) is 11.9. The van der Waals surface area contributed by atoms with Crippen LogP contribution in [0.15, 0.2) is 72.8 Å². The molecule has 3 N–H and O–H groups in total. The first-order chi connectivity index (χ1) is 17.3. The van der Waals surface area contributed by atoms with Crippen molar-refractivity contribution in [3.05, 3.63) is 89.5 Å². The second kappa shape index (κ2) is 14.7. The zero-order chi connectivity index (χ0) is 26.0. The van der Waals surface area contributed by atoms with Gasteiger partial charge in [0, 0.05) is 13.0 Å². The Morgan fingerprint density at radius 2 is 1.70 bits per heavy atom. The molecule has 0 spiro atoms. The van der Waals surface area contributed by atoms with Crippen LogP contribution >= 0.6 is 12.4 Å². The van der Waals surface area contributed by atoms with Crippen LogP contribution < -0.4 is 14.8 Å². The molecule has 0 saturated carbocycles. The number of nitrogens with one attached hydrogen (secondary N) is 2. The van der Waals surface area contributed by atoms with Crippen molar-refractivity contribution in [3.63, 3.8) is 0 Å². The van der Waals surface area contributed by atoms with Crippen LogP contribution in [0.2, 0.25) is 0 Å². The summed E-state index contributed by atoms with van der Waals surface area (Å²) >= 11 is 0. The minimum atomic E-state index is -3.74. The molecular weight excluding hydrogens is 519 g/mol. The molecule has 3 aromatic rings. The fraction of sp³-hybridized carbons (Fsp3) is 0.296. The lowest BCUT2D eigenvalue weighted by molar-refractivity contribution is 0.0977. The molecule has 1 atom stereocenters. The zero-order valence-electron chi connectivity index (χ0n) is 20.5. The zero-order valence-corrected chi connectivity index (χ0v) is 22.2. The molecule has 0 aliphatic carbocycles. The standard InChI is InChI=1S/C27H31FN2O5S.ClH/c1-36(33,34)30-27(32)24-13-12-23(18-26(24)35-17-5-15-28)21-10-8-20(9-11-21)14-16-29-19-25(31)22-6-3-2-4-7-22;/h2-4,6-13,18,25,29,31H,5,14-17,19H2,1H3,(H,30,32);1H/t25-;/m1./s1. The van der Waals surface area contributed by atoms with Gasteiger partial charge in [0.05, 0.1) is 31.2 Å². The summed E-state index contributed by atoms with van der Waals surface area (Å²) in [6.45, 7) is 0.669. The number of hydrogen-bond donors (Lipinski definition) is 3. The lowest BCUT2D eigenvalue weighted by Gasteiger charge is -2.14. The van der Waals surface area contributed by atoms with E-state index < -0.39 is 28.7 Å². The van der Waals surface area contributed by atoms with Gasteiger partial charge >= 0.3 is 0 Å². The number of carbonyl (C=O) groups excluding carboxylic acids is 1. The van der Waals surface area contributed by atoms with E-state index in [9.17, 15) is 22.7 Å². The molecule has 200 valence electrons. The smallest absolute Gasteiger partial charge is 0.268 e. The van der Waals surface area contributed by atoms with Crippen LogP contribution in [0.5, 0.6) is 5.75 Å². The number of rotatable bonds is 13. The van der Waals surface area contributed by atoms with Crippen LogP contribution in [0.1, 0.15) is 34.0 Å². The maximum Gasteiger partial charge on any atom is 0.268 e. The highest BCUT2D eigenvalue weighted by atomic mass is 35.5. The van der Waals surface area contributed by atoms with Gasteiger partial charge in [-0.15, -0.1) is 12.4 Å². The highest BCUT2D eigenvalue weighted by Crippen LogP contribution is 2.28. The van der Waals surface area contributed by atoms with Crippen LogP contribution in [0, 0.1) is 0 Å². The molecule has 1 amide bonds. The van der Waals surface area contributed by atoms with E-state index in [1.807, 2.05) is 59.3 Å². The Kier molecular flexibility index (Phi) is 12.0. The van der Waals surface area contributed by atoms with Gasteiger partial charge in [-0.05, 0) is 47.4 Å². The van der Waals surface area contributed by atoms with Crippen molar-refractivity contribution in [2.24, 2.45) is 0 Å². The van der Waals surface area contributed by atoms with Gasteiger partial charge in [0.25, 0.3) is 5.91 Å². The summed E-state index contributed by atoms with van der Waals surface area (Å²) in [7, 11) is -3.74. The van der Waals surface area contributed by atoms with Crippen LogP contribution in [-0.2, 0) is 16.4 Å². The maximum atomic E-state index is 12.5. The molecule has 0 aliphatic rings. The number of carbonyl (C=O) groups is 1. The van der Waals surface area contributed by atoms with E-state index in [1.165, 1.54) is 6.07 Å². The number of benzene rings is 3. The molecule has 0 bridgehead atoms. The molecule has 0 heterocycles. The number of hydrogen-bond acceptors (Lipinski definition) is 6. The summed E-state index contributed by atoms with van der Waals surface area (Å²) in [6.07, 6.45) is 1.27. The third kappa shape index (κ3) is 9.77. The lowest BCUT2D eigenvalue weighted by Crippen LogP contribution is -2.29. The van der Waals surface area contributed by atoms with Crippen LogP contribution in [-0.4, -0.2) is 52.1 Å². The minimum Gasteiger partial charge on any atom is -0.493 e. The van der Waals surface area contributed by atoms with Crippen molar-refractivity contribution >= 4 is 28.3 Å². The molecule has 10 heteroatoms. The number of aliphatic hydroxyl groups is 1. The Morgan fingerprint density at radius 1 is 1.03 bits per heavy atom. The van der Waals surface area contributed by atoms with Crippen molar-refractivity contribution in [1.29, 1.82) is 0 Å². The maximum absolute atomic E-state index is 12.5. The highest BCUT2D eigenvalue weighted by molar-refractivity contribution is 7.89. The summed E-state index contributed by atoms with van der Waals surface area (Å²) in [5.74, 6) is -0.619. The van der Waals surface area contributed by atoms with Crippen molar-refractivity contribution in [3.8, 4) is 16.9 Å². The predicted molar refractivity (Wildman–Crippen MR) is 145 cm³/mol. The van der Waals surface area contributed by atoms with E-state index >= 15 is 0 Å². The fourth-order valence-electron chi connectivity index (χ4n) is 3.60. The molecule has 0 aromatic heterocycles. The summed E-state index contributed by atoms with van der Waals surface area (Å²) in [5, 5.41) is 13.5. The van der Waals surface area contributed by atoms with Crippen LogP contribution in [0.4, 0.5) is 4.39 Å². The second-order valence-electron chi connectivity index (χ2n) is 8.38. The number of amides is 1. The predicted octanol–water partition coefficient (Wildman–Crippen LogP) is 4.07. The summed E-state index contributed by atoms with van der Waals surface area (Å²) in [4.78, 5) is 12.4. The van der Waals surface area contributed by atoms with E-state index in [0.29, 0.717) is 13.1 Å². The Labute approximate surface area is 223 Å². The molecule has 37 heavy (non-hydrogen) atoms. The van der Waals surface area contributed by atoms with Gasteiger partial charge in [-0.25, -0.2) is 13.1 Å². The van der Waals surface area contributed by atoms with E-state index in [4.69, 9.17) is 4.74 Å². The Balaban J connectivity index is 0.00000481. The third-order valence-electron chi connectivity index (χ3n) is 5.44. The molecule has 3 aromatic carbocycles. The van der Waals surface area contributed by atoms with E-state index in [-0.39, 0.29) is 36.7 Å². The van der Waals surface area contributed by atoms with Crippen molar-refractivity contribution in [2.75, 3.05) is 32.6 Å². The number of alkyl halides is 1. The topological polar surface area (TPSA) is 105 Å². The quantitative estimate of drug-likeness (QED) is 0.277. The third-order valence-corrected chi connectivity index (χ3v) is 6.00. The van der Waals surface area contributed by atoms with Crippen LogP contribution in [0.25, 0.3) is 11.1 Å². The average Bonchev–Trinajstić information content (AvgIpc) is 2.86. The van der Waals surface area contributed by atoms with E-state index in [0.717, 1.165) is 34.9 Å². The first-order valence-corrected chi connectivity index (χ1v) is 13.5. The van der Waals surface area contributed by atoms with Gasteiger partial charge in [0.15, 0.2) is 0 Å². The number of sulfonamides is 1. The molecule has 3 rings (SSSR count). The number of ether oxygens (including phenoxy) is 1. The van der Waals surface area contributed by atoms with Gasteiger partial charge < -0.3 is 15.2 Å². The minimum absolute atomic E-state index is 0. The average molecular weight is 551 g/mol. The second-order valence-corrected chi connectivity index (χ2v) is 10.1. The van der Waals surface area contributed by atoms with Gasteiger partial charge in [-0.1, -0.05) is 60.7 Å². The molecule has 0 saturated heterocycles. The van der Waals surface area contributed by atoms with Crippen molar-refractivity contribution in [2.45, 2.75) is 18.9 Å². The van der Waals surface area contributed by atoms with Gasteiger partial charge in [0.1, 0.15) is 5.75 Å². The molecule has 0 aliphatic heterocycles. The van der Waals surface area contributed by atoms with Crippen molar-refractivity contribution < 1.29 is 27.4 Å². The molecule has 0 unspecified atom stereocenters. The number of halogens is 2. The Hall–Kier alpha value is -2.98. The monoisotopic (exact) mass is 550 g/mol. The molecule has 7 nitrogen and oxygen atoms in total. The first kappa shape index (κ1) is 30.2. The summed E-state index contributed by atoms with van der Waals surface area (Å²) in [5.41, 5.74) is 3.71. The summed E-state index contributed by atoms with van der Waals surface area (Å²) < 4.78 is 43.0. The Morgan fingerprint density at radius 3 is 2.35 bits per heavy atom. The molecule has 0 fully saturated rings.